The van der Waals surface area contributed by atoms with Gasteiger partial charge in [-0.15, -0.1) is 0 Å². The molecule has 1 heterocycles. The molecule has 0 atom stereocenters. The lowest BCUT2D eigenvalue weighted by Gasteiger charge is -2.11. The highest BCUT2D eigenvalue weighted by Crippen LogP contribution is 2.31. The Morgan fingerprint density at radius 1 is 1.19 bits per heavy atom. The van der Waals surface area contributed by atoms with Crippen LogP contribution in [0, 0.1) is 0 Å². The van der Waals surface area contributed by atoms with Gasteiger partial charge in [0.1, 0.15) is 0 Å². The summed E-state index contributed by atoms with van der Waals surface area (Å²) in [7, 11) is 0. The minimum atomic E-state index is -4.33. The van der Waals surface area contributed by atoms with Crippen LogP contribution in [0.25, 0.3) is 11.3 Å². The van der Waals surface area contributed by atoms with Crippen LogP contribution in [-0.4, -0.2) is 17.0 Å². The fraction of sp³-hybridized carbons (Fsp3) is 0.267. The van der Waals surface area contributed by atoms with Gasteiger partial charge >= 0.3 is 6.18 Å². The summed E-state index contributed by atoms with van der Waals surface area (Å²) in [5.41, 5.74) is 0.854. The van der Waals surface area contributed by atoms with Gasteiger partial charge in [0.2, 0.25) is 5.91 Å². The summed E-state index contributed by atoms with van der Waals surface area (Å²) in [6.45, 7) is 2.47. The normalized spacial score (nSPS) is 11.4. The molecule has 2 aromatic rings. The molecule has 1 N–H and O–H groups in total. The molecule has 112 valence electrons. The molecule has 3 nitrogen and oxygen atoms in total. The number of carbonyl (C=O) groups excluding carboxylic acids is 1. The van der Waals surface area contributed by atoms with Gasteiger partial charge in [-0.3, -0.25) is 4.79 Å². The Kier molecular flexibility index (Phi) is 4.35. The lowest BCUT2D eigenvalue weighted by atomic mass is 10.1. The Morgan fingerprint density at radius 2 is 1.86 bits per heavy atom. The molecular weight excluding hydrogens is 281 g/mol. The molecule has 0 saturated heterocycles. The van der Waals surface area contributed by atoms with Crippen molar-refractivity contribution >= 4 is 5.91 Å². The molecule has 1 aromatic carbocycles. The van der Waals surface area contributed by atoms with E-state index in [1.807, 2.05) is 22.9 Å². The third kappa shape index (κ3) is 3.87. The van der Waals surface area contributed by atoms with Crippen molar-refractivity contribution in [1.82, 2.24) is 9.88 Å². The summed E-state index contributed by atoms with van der Waals surface area (Å²) >= 11 is 0. The summed E-state index contributed by atoms with van der Waals surface area (Å²) in [4.78, 5) is 10.8. The van der Waals surface area contributed by atoms with Crippen molar-refractivity contribution in [2.45, 2.75) is 19.6 Å². The molecule has 0 bridgehead atoms. The fourth-order valence-electron chi connectivity index (χ4n) is 2.05. The van der Waals surface area contributed by atoms with E-state index >= 15 is 0 Å². The maximum atomic E-state index is 12.5. The zero-order chi connectivity index (χ0) is 15.5. The summed E-state index contributed by atoms with van der Waals surface area (Å²) in [5, 5.41) is 2.68. The van der Waals surface area contributed by atoms with Gasteiger partial charge in [0.25, 0.3) is 0 Å². The molecule has 0 aliphatic carbocycles. The van der Waals surface area contributed by atoms with E-state index in [1.165, 1.54) is 19.1 Å². The van der Waals surface area contributed by atoms with Gasteiger partial charge in [0.05, 0.1) is 5.56 Å². The van der Waals surface area contributed by atoms with Crippen LogP contribution < -0.4 is 5.32 Å². The average Bonchev–Trinajstić information content (AvgIpc) is 2.86. The van der Waals surface area contributed by atoms with Crippen LogP contribution in [0.15, 0.2) is 42.6 Å². The predicted molar refractivity (Wildman–Crippen MR) is 73.6 cm³/mol. The number of halogens is 3. The van der Waals surface area contributed by atoms with Gasteiger partial charge in [-0.1, -0.05) is 12.1 Å². The number of hydrogen-bond acceptors (Lipinski definition) is 1. The number of amides is 1. The van der Waals surface area contributed by atoms with E-state index in [1.54, 1.807) is 0 Å². The van der Waals surface area contributed by atoms with Gasteiger partial charge in [0.15, 0.2) is 0 Å². The van der Waals surface area contributed by atoms with Crippen molar-refractivity contribution in [3.05, 3.63) is 48.2 Å². The second-order valence-electron chi connectivity index (χ2n) is 4.64. The van der Waals surface area contributed by atoms with Gasteiger partial charge in [0, 0.05) is 31.9 Å². The Labute approximate surface area is 120 Å². The number of carbonyl (C=O) groups is 1. The zero-order valence-corrected chi connectivity index (χ0v) is 11.4. The molecule has 0 fully saturated rings. The van der Waals surface area contributed by atoms with E-state index < -0.39 is 11.7 Å². The molecule has 0 saturated carbocycles. The van der Waals surface area contributed by atoms with E-state index in [-0.39, 0.29) is 5.91 Å². The van der Waals surface area contributed by atoms with Crippen LogP contribution in [0.5, 0.6) is 0 Å². The van der Waals surface area contributed by atoms with Gasteiger partial charge in [-0.25, -0.2) is 0 Å². The van der Waals surface area contributed by atoms with Crippen molar-refractivity contribution in [3.63, 3.8) is 0 Å². The maximum Gasteiger partial charge on any atom is 0.416 e. The maximum absolute atomic E-state index is 12.5. The lowest BCUT2D eigenvalue weighted by molar-refractivity contribution is -0.137. The SMILES string of the molecule is CC(=O)NCCn1cccc1-c1ccc(C(F)(F)F)cc1. The second-order valence-corrected chi connectivity index (χ2v) is 4.64. The molecule has 0 aliphatic heterocycles. The molecule has 0 spiro atoms. The minimum absolute atomic E-state index is 0.113. The van der Waals surface area contributed by atoms with Crippen molar-refractivity contribution in [3.8, 4) is 11.3 Å². The van der Waals surface area contributed by atoms with Crippen LogP contribution in [0.3, 0.4) is 0 Å². The Morgan fingerprint density at radius 3 is 2.43 bits per heavy atom. The summed E-state index contributed by atoms with van der Waals surface area (Å²) in [5.74, 6) is -0.113. The van der Waals surface area contributed by atoms with E-state index in [0.717, 1.165) is 17.8 Å². The molecule has 1 amide bonds. The first-order chi connectivity index (χ1) is 9.88. The van der Waals surface area contributed by atoms with E-state index in [4.69, 9.17) is 0 Å². The molecule has 0 radical (unpaired) electrons. The van der Waals surface area contributed by atoms with Crippen LogP contribution >= 0.6 is 0 Å². The Balaban J connectivity index is 2.15. The van der Waals surface area contributed by atoms with Crippen molar-refractivity contribution < 1.29 is 18.0 Å². The molecule has 21 heavy (non-hydrogen) atoms. The Hall–Kier alpha value is -2.24. The van der Waals surface area contributed by atoms with Crippen molar-refractivity contribution in [2.24, 2.45) is 0 Å². The highest BCUT2D eigenvalue weighted by molar-refractivity contribution is 5.72. The summed E-state index contributed by atoms with van der Waals surface area (Å²) in [6.07, 6.45) is -2.50. The summed E-state index contributed by atoms with van der Waals surface area (Å²) < 4.78 is 39.5. The molecular formula is C15H15F3N2O. The first-order valence-electron chi connectivity index (χ1n) is 6.45. The van der Waals surface area contributed by atoms with Crippen molar-refractivity contribution in [2.75, 3.05) is 6.54 Å². The molecule has 0 aliphatic rings. The number of nitrogens with one attached hydrogen (secondary N) is 1. The highest BCUT2D eigenvalue weighted by atomic mass is 19.4. The highest BCUT2D eigenvalue weighted by Gasteiger charge is 2.30. The predicted octanol–water partition coefficient (Wildman–Crippen LogP) is 3.31. The van der Waals surface area contributed by atoms with Gasteiger partial charge in [-0.2, -0.15) is 13.2 Å². The van der Waals surface area contributed by atoms with E-state index in [2.05, 4.69) is 5.32 Å². The number of hydrogen-bond donors (Lipinski definition) is 1. The van der Waals surface area contributed by atoms with Crippen LogP contribution in [0.2, 0.25) is 0 Å². The van der Waals surface area contributed by atoms with E-state index in [9.17, 15) is 18.0 Å². The van der Waals surface area contributed by atoms with Crippen molar-refractivity contribution in [1.29, 1.82) is 0 Å². The first kappa shape index (κ1) is 15.2. The van der Waals surface area contributed by atoms with Gasteiger partial charge in [-0.05, 0) is 29.8 Å². The quantitative estimate of drug-likeness (QED) is 0.922. The van der Waals surface area contributed by atoms with E-state index in [0.29, 0.717) is 18.7 Å². The molecule has 6 heteroatoms. The third-order valence-corrected chi connectivity index (χ3v) is 3.06. The number of alkyl halides is 3. The van der Waals surface area contributed by atoms with Gasteiger partial charge < -0.3 is 9.88 Å². The standard InChI is InChI=1S/C15H15F3N2O/c1-11(21)19-8-10-20-9-2-3-14(20)12-4-6-13(7-5-12)15(16,17)18/h2-7,9H,8,10H2,1H3,(H,19,21). The Bertz CT molecular complexity index is 615. The number of nitrogens with zero attached hydrogens (tertiary/aromatic N) is 1. The second kappa shape index (κ2) is 6.03. The zero-order valence-electron chi connectivity index (χ0n) is 11.4. The smallest absolute Gasteiger partial charge is 0.355 e. The average molecular weight is 296 g/mol. The van der Waals surface area contributed by atoms with Crippen LogP contribution in [0.4, 0.5) is 13.2 Å². The fourth-order valence-corrected chi connectivity index (χ4v) is 2.05. The number of aromatic nitrogens is 1. The summed E-state index contributed by atoms with van der Waals surface area (Å²) in [6, 6.07) is 8.69. The largest absolute Gasteiger partial charge is 0.416 e. The first-order valence-corrected chi connectivity index (χ1v) is 6.45. The molecule has 1 aromatic heterocycles. The van der Waals surface area contributed by atoms with Crippen LogP contribution in [-0.2, 0) is 17.5 Å². The monoisotopic (exact) mass is 296 g/mol. The third-order valence-electron chi connectivity index (χ3n) is 3.06. The number of benzene rings is 1. The molecule has 2 rings (SSSR count). The topological polar surface area (TPSA) is 34.0 Å². The molecule has 0 unspecified atom stereocenters. The number of rotatable bonds is 4. The lowest BCUT2D eigenvalue weighted by Crippen LogP contribution is -2.24. The van der Waals surface area contributed by atoms with Crippen LogP contribution in [0.1, 0.15) is 12.5 Å². The minimum Gasteiger partial charge on any atom is -0.355 e.